The molecule has 2 nitrogen and oxygen atoms in total. The van der Waals surface area contributed by atoms with E-state index in [9.17, 15) is 0 Å². The third kappa shape index (κ3) is 3.86. The maximum atomic E-state index is 3.71. The molecule has 2 aromatic carbocycles. The van der Waals surface area contributed by atoms with Gasteiger partial charge in [0.15, 0.2) is 0 Å². The molecule has 0 fully saturated rings. The summed E-state index contributed by atoms with van der Waals surface area (Å²) < 4.78 is 1.14. The van der Waals surface area contributed by atoms with Crippen molar-refractivity contribution in [3.63, 3.8) is 0 Å². The van der Waals surface area contributed by atoms with Gasteiger partial charge in [0, 0.05) is 24.1 Å². The van der Waals surface area contributed by atoms with Crippen LogP contribution in [0.2, 0.25) is 0 Å². The lowest BCUT2D eigenvalue weighted by Crippen LogP contribution is -2.18. The van der Waals surface area contributed by atoms with E-state index in [0.29, 0.717) is 6.04 Å². The molecule has 2 rings (SSSR count). The molecule has 21 heavy (non-hydrogen) atoms. The van der Waals surface area contributed by atoms with E-state index >= 15 is 0 Å². The van der Waals surface area contributed by atoms with Crippen molar-refractivity contribution in [3.8, 4) is 0 Å². The first kappa shape index (κ1) is 16.1. The van der Waals surface area contributed by atoms with E-state index in [1.54, 1.807) is 0 Å². The van der Waals surface area contributed by atoms with E-state index in [0.717, 1.165) is 11.0 Å². The zero-order valence-electron chi connectivity index (χ0n) is 13.2. The van der Waals surface area contributed by atoms with E-state index in [-0.39, 0.29) is 0 Å². The van der Waals surface area contributed by atoms with E-state index in [1.807, 2.05) is 7.05 Å². The number of halogens is 1. The van der Waals surface area contributed by atoms with Crippen molar-refractivity contribution in [2.45, 2.75) is 26.4 Å². The first-order chi connectivity index (χ1) is 10.0. The van der Waals surface area contributed by atoms with E-state index in [1.165, 1.54) is 22.4 Å². The van der Waals surface area contributed by atoms with Crippen LogP contribution in [0.5, 0.6) is 0 Å². The molecule has 0 heterocycles. The van der Waals surface area contributed by atoms with Gasteiger partial charge in [-0.2, -0.15) is 0 Å². The Morgan fingerprint density at radius 3 is 2.52 bits per heavy atom. The molecular weight excluding hydrogens is 324 g/mol. The molecule has 0 aliphatic rings. The van der Waals surface area contributed by atoms with Crippen molar-refractivity contribution in [2.24, 2.45) is 0 Å². The fraction of sp³-hybridized carbons (Fsp3) is 0.333. The van der Waals surface area contributed by atoms with Gasteiger partial charge in [0.2, 0.25) is 0 Å². The Kier molecular flexibility index (Phi) is 5.43. The molecule has 112 valence electrons. The van der Waals surface area contributed by atoms with E-state index in [4.69, 9.17) is 0 Å². The first-order valence-electron chi connectivity index (χ1n) is 7.25. The molecule has 0 aliphatic heterocycles. The zero-order valence-corrected chi connectivity index (χ0v) is 14.7. The van der Waals surface area contributed by atoms with Gasteiger partial charge in [-0.05, 0) is 65.6 Å². The van der Waals surface area contributed by atoms with Crippen molar-refractivity contribution in [3.05, 3.63) is 63.6 Å². The lowest BCUT2D eigenvalue weighted by Gasteiger charge is -2.23. The number of hydrogen-bond donors (Lipinski definition) is 1. The molecule has 0 spiro atoms. The maximum absolute atomic E-state index is 3.71. The quantitative estimate of drug-likeness (QED) is 0.845. The van der Waals surface area contributed by atoms with Gasteiger partial charge in [-0.3, -0.25) is 0 Å². The van der Waals surface area contributed by atoms with Gasteiger partial charge in [-0.1, -0.05) is 30.3 Å². The van der Waals surface area contributed by atoms with Crippen LogP contribution in [0.4, 0.5) is 5.69 Å². The minimum atomic E-state index is 0.358. The van der Waals surface area contributed by atoms with Crippen molar-refractivity contribution in [1.29, 1.82) is 0 Å². The number of anilines is 1. The number of hydrogen-bond acceptors (Lipinski definition) is 2. The summed E-state index contributed by atoms with van der Waals surface area (Å²) in [5, 5.41) is 3.27. The molecule has 1 N–H and O–H groups in total. The SMILES string of the molecule is CNC(C)c1ccc(N(C)Cc2ccccc2C)c(Br)c1. The molecule has 0 amide bonds. The lowest BCUT2D eigenvalue weighted by molar-refractivity contribution is 0.652. The first-order valence-corrected chi connectivity index (χ1v) is 8.04. The van der Waals surface area contributed by atoms with Gasteiger partial charge in [0.1, 0.15) is 0 Å². The third-order valence-corrected chi connectivity index (χ3v) is 4.62. The predicted octanol–water partition coefficient (Wildman–Crippen LogP) is 4.67. The summed E-state index contributed by atoms with van der Waals surface area (Å²) in [5.74, 6) is 0. The van der Waals surface area contributed by atoms with E-state index < -0.39 is 0 Å². The van der Waals surface area contributed by atoms with Crippen LogP contribution in [0.1, 0.15) is 29.7 Å². The van der Waals surface area contributed by atoms with Gasteiger partial charge in [-0.25, -0.2) is 0 Å². The molecule has 0 saturated heterocycles. The Morgan fingerprint density at radius 1 is 1.19 bits per heavy atom. The van der Waals surface area contributed by atoms with Gasteiger partial charge in [0.05, 0.1) is 5.69 Å². The Morgan fingerprint density at radius 2 is 1.90 bits per heavy atom. The highest BCUT2D eigenvalue weighted by atomic mass is 79.9. The molecule has 0 aliphatic carbocycles. The molecule has 1 unspecified atom stereocenters. The molecule has 0 saturated carbocycles. The second-order valence-electron chi connectivity index (χ2n) is 5.50. The fourth-order valence-corrected chi connectivity index (χ4v) is 3.10. The number of aryl methyl sites for hydroxylation is 1. The summed E-state index contributed by atoms with van der Waals surface area (Å²) in [6.07, 6.45) is 0. The van der Waals surface area contributed by atoms with Crippen molar-refractivity contribution in [1.82, 2.24) is 5.32 Å². The fourth-order valence-electron chi connectivity index (χ4n) is 2.40. The Balaban J connectivity index is 2.20. The summed E-state index contributed by atoms with van der Waals surface area (Å²) in [4.78, 5) is 2.28. The minimum absolute atomic E-state index is 0.358. The molecule has 2 aromatic rings. The maximum Gasteiger partial charge on any atom is 0.0511 e. The van der Waals surface area contributed by atoms with Crippen LogP contribution in [0.3, 0.4) is 0 Å². The monoisotopic (exact) mass is 346 g/mol. The highest BCUT2D eigenvalue weighted by Gasteiger charge is 2.10. The Bertz CT molecular complexity index is 610. The topological polar surface area (TPSA) is 15.3 Å². The average molecular weight is 347 g/mol. The summed E-state index contributed by atoms with van der Waals surface area (Å²) in [6.45, 7) is 5.24. The lowest BCUT2D eigenvalue weighted by atomic mass is 10.1. The van der Waals surface area contributed by atoms with Gasteiger partial charge in [-0.15, -0.1) is 0 Å². The molecule has 3 heteroatoms. The molecule has 0 bridgehead atoms. The highest BCUT2D eigenvalue weighted by molar-refractivity contribution is 9.10. The standard InChI is InChI=1S/C18H23BrN2/c1-13-7-5-6-8-16(13)12-21(4)18-10-9-15(11-17(18)19)14(2)20-3/h5-11,14,20H,12H2,1-4H3. The molecule has 0 aromatic heterocycles. The largest absolute Gasteiger partial charge is 0.369 e. The average Bonchev–Trinajstić information content (AvgIpc) is 2.48. The third-order valence-electron chi connectivity index (χ3n) is 3.98. The zero-order chi connectivity index (χ0) is 15.4. The number of rotatable bonds is 5. The van der Waals surface area contributed by atoms with Gasteiger partial charge >= 0.3 is 0 Å². The normalized spacial score (nSPS) is 12.2. The van der Waals surface area contributed by atoms with Crippen LogP contribution in [0, 0.1) is 6.92 Å². The second-order valence-corrected chi connectivity index (χ2v) is 6.36. The summed E-state index contributed by atoms with van der Waals surface area (Å²) in [5.41, 5.74) is 5.20. The van der Waals surface area contributed by atoms with Crippen molar-refractivity contribution in [2.75, 3.05) is 19.0 Å². The summed E-state index contributed by atoms with van der Waals surface area (Å²) in [7, 11) is 4.12. The van der Waals surface area contributed by atoms with Crippen LogP contribution in [0.15, 0.2) is 46.9 Å². The highest BCUT2D eigenvalue weighted by Crippen LogP contribution is 2.29. The minimum Gasteiger partial charge on any atom is -0.369 e. The van der Waals surface area contributed by atoms with E-state index in [2.05, 4.69) is 89.5 Å². The van der Waals surface area contributed by atoms with Crippen LogP contribution in [-0.4, -0.2) is 14.1 Å². The summed E-state index contributed by atoms with van der Waals surface area (Å²) in [6, 6.07) is 15.5. The Hall–Kier alpha value is -1.32. The Labute approximate surface area is 136 Å². The van der Waals surface area contributed by atoms with Crippen LogP contribution in [0.25, 0.3) is 0 Å². The summed E-state index contributed by atoms with van der Waals surface area (Å²) >= 11 is 3.71. The van der Waals surface area contributed by atoms with Crippen molar-refractivity contribution >= 4 is 21.6 Å². The van der Waals surface area contributed by atoms with Crippen LogP contribution in [-0.2, 0) is 6.54 Å². The molecule has 1 atom stereocenters. The van der Waals surface area contributed by atoms with Gasteiger partial charge < -0.3 is 10.2 Å². The predicted molar refractivity (Wildman–Crippen MR) is 94.9 cm³/mol. The van der Waals surface area contributed by atoms with Crippen LogP contribution < -0.4 is 10.2 Å². The molecular formula is C18H23BrN2. The number of nitrogens with zero attached hydrogens (tertiary/aromatic N) is 1. The molecule has 0 radical (unpaired) electrons. The number of nitrogens with one attached hydrogen (secondary N) is 1. The number of benzene rings is 2. The smallest absolute Gasteiger partial charge is 0.0511 e. The second kappa shape index (κ2) is 7.10. The van der Waals surface area contributed by atoms with Gasteiger partial charge in [0.25, 0.3) is 0 Å². The van der Waals surface area contributed by atoms with Crippen LogP contribution >= 0.6 is 15.9 Å². The van der Waals surface area contributed by atoms with Crippen molar-refractivity contribution < 1.29 is 0 Å².